The fraction of sp³-hybridized carbons (Fsp3) is 0.611. The Labute approximate surface area is 140 Å². The molecule has 1 saturated heterocycles. The number of anilines is 1. The highest BCUT2D eigenvalue weighted by Crippen LogP contribution is 2.17. The van der Waals surface area contributed by atoms with Crippen LogP contribution in [0.3, 0.4) is 0 Å². The van der Waals surface area contributed by atoms with Gasteiger partial charge in [0.2, 0.25) is 5.91 Å². The van der Waals surface area contributed by atoms with E-state index in [1.54, 1.807) is 0 Å². The summed E-state index contributed by atoms with van der Waals surface area (Å²) in [6.45, 7) is 8.27. The van der Waals surface area contributed by atoms with Crippen molar-refractivity contribution in [3.8, 4) is 0 Å². The Morgan fingerprint density at radius 1 is 1.22 bits per heavy atom. The minimum atomic E-state index is 0.146. The highest BCUT2D eigenvalue weighted by molar-refractivity contribution is 5.78. The number of amides is 1. The molecular formula is C18H30N4O. The molecule has 128 valence electrons. The third-order valence-corrected chi connectivity index (χ3v) is 4.21. The summed E-state index contributed by atoms with van der Waals surface area (Å²) in [7, 11) is 4.10. The number of carbonyl (C=O) groups is 1. The SMILES string of the molecule is Cc1cccc(N2CCN(CC(=O)NCCCN(C)C)CC2)c1. The largest absolute Gasteiger partial charge is 0.369 e. The molecule has 1 heterocycles. The van der Waals surface area contributed by atoms with Crippen LogP contribution in [0.15, 0.2) is 24.3 Å². The summed E-state index contributed by atoms with van der Waals surface area (Å²) in [4.78, 5) is 18.8. The van der Waals surface area contributed by atoms with Gasteiger partial charge >= 0.3 is 0 Å². The van der Waals surface area contributed by atoms with Gasteiger partial charge in [-0.25, -0.2) is 0 Å². The molecule has 1 aromatic carbocycles. The number of benzene rings is 1. The van der Waals surface area contributed by atoms with Crippen LogP contribution in [0.1, 0.15) is 12.0 Å². The molecule has 0 bridgehead atoms. The third kappa shape index (κ3) is 6.20. The minimum Gasteiger partial charge on any atom is -0.369 e. The fourth-order valence-electron chi connectivity index (χ4n) is 2.87. The predicted molar refractivity (Wildman–Crippen MR) is 96.0 cm³/mol. The molecule has 0 atom stereocenters. The number of hydrogen-bond donors (Lipinski definition) is 1. The van der Waals surface area contributed by atoms with Crippen molar-refractivity contribution in [2.45, 2.75) is 13.3 Å². The first kappa shape index (κ1) is 17.8. The first-order valence-corrected chi connectivity index (χ1v) is 8.50. The summed E-state index contributed by atoms with van der Waals surface area (Å²) < 4.78 is 0. The maximum atomic E-state index is 12.0. The zero-order valence-electron chi connectivity index (χ0n) is 14.7. The van der Waals surface area contributed by atoms with Crippen LogP contribution >= 0.6 is 0 Å². The van der Waals surface area contributed by atoms with Crippen LogP contribution in [0.25, 0.3) is 0 Å². The lowest BCUT2D eigenvalue weighted by Crippen LogP contribution is -2.49. The molecule has 0 spiro atoms. The van der Waals surface area contributed by atoms with Crippen molar-refractivity contribution in [1.82, 2.24) is 15.1 Å². The maximum Gasteiger partial charge on any atom is 0.234 e. The summed E-state index contributed by atoms with van der Waals surface area (Å²) >= 11 is 0. The number of aryl methyl sites for hydroxylation is 1. The molecule has 0 aliphatic carbocycles. The summed E-state index contributed by atoms with van der Waals surface area (Å²) in [5.74, 6) is 0.146. The zero-order chi connectivity index (χ0) is 16.7. The smallest absolute Gasteiger partial charge is 0.234 e. The van der Waals surface area contributed by atoms with Crippen LogP contribution < -0.4 is 10.2 Å². The van der Waals surface area contributed by atoms with Crippen molar-refractivity contribution < 1.29 is 4.79 Å². The number of nitrogens with one attached hydrogen (secondary N) is 1. The number of nitrogens with zero attached hydrogens (tertiary/aromatic N) is 3. The zero-order valence-corrected chi connectivity index (χ0v) is 14.7. The third-order valence-electron chi connectivity index (χ3n) is 4.21. The fourth-order valence-corrected chi connectivity index (χ4v) is 2.87. The molecule has 1 N–H and O–H groups in total. The minimum absolute atomic E-state index is 0.146. The highest BCUT2D eigenvalue weighted by atomic mass is 16.2. The Morgan fingerprint density at radius 2 is 1.96 bits per heavy atom. The molecule has 0 radical (unpaired) electrons. The van der Waals surface area contributed by atoms with E-state index in [0.29, 0.717) is 6.54 Å². The second-order valence-electron chi connectivity index (χ2n) is 6.61. The monoisotopic (exact) mass is 318 g/mol. The van der Waals surface area contributed by atoms with Crippen LogP contribution in [0, 0.1) is 6.92 Å². The van der Waals surface area contributed by atoms with Crippen molar-refractivity contribution in [2.75, 3.05) is 64.8 Å². The van der Waals surface area contributed by atoms with Crippen LogP contribution in [-0.4, -0.2) is 75.6 Å². The Kier molecular flexibility index (Phi) is 6.86. The van der Waals surface area contributed by atoms with Crippen LogP contribution in [0.5, 0.6) is 0 Å². The van der Waals surface area contributed by atoms with Gasteiger partial charge in [-0.05, 0) is 51.7 Å². The molecule has 1 fully saturated rings. The Hall–Kier alpha value is -1.59. The first-order chi connectivity index (χ1) is 11.0. The molecule has 2 rings (SSSR count). The molecular weight excluding hydrogens is 288 g/mol. The van der Waals surface area contributed by atoms with Crippen molar-refractivity contribution in [1.29, 1.82) is 0 Å². The molecule has 1 amide bonds. The topological polar surface area (TPSA) is 38.8 Å². The van der Waals surface area contributed by atoms with Gasteiger partial charge in [0.25, 0.3) is 0 Å². The van der Waals surface area contributed by atoms with Gasteiger partial charge in [-0.1, -0.05) is 12.1 Å². The average molecular weight is 318 g/mol. The quantitative estimate of drug-likeness (QED) is 0.767. The molecule has 0 unspecified atom stereocenters. The highest BCUT2D eigenvalue weighted by Gasteiger charge is 2.19. The van der Waals surface area contributed by atoms with Crippen molar-refractivity contribution in [3.63, 3.8) is 0 Å². The predicted octanol–water partition coefficient (Wildman–Crippen LogP) is 1.18. The second kappa shape index (κ2) is 8.89. The van der Waals surface area contributed by atoms with E-state index in [2.05, 4.69) is 65.3 Å². The average Bonchev–Trinajstić information content (AvgIpc) is 2.52. The van der Waals surface area contributed by atoms with Gasteiger partial charge < -0.3 is 15.1 Å². The van der Waals surface area contributed by atoms with Gasteiger partial charge in [-0.2, -0.15) is 0 Å². The van der Waals surface area contributed by atoms with E-state index in [-0.39, 0.29) is 5.91 Å². The van der Waals surface area contributed by atoms with Crippen molar-refractivity contribution in [2.24, 2.45) is 0 Å². The maximum absolute atomic E-state index is 12.0. The van der Waals surface area contributed by atoms with Gasteiger partial charge in [-0.15, -0.1) is 0 Å². The van der Waals surface area contributed by atoms with Gasteiger partial charge in [0, 0.05) is 38.4 Å². The van der Waals surface area contributed by atoms with Gasteiger partial charge in [0.05, 0.1) is 6.54 Å². The van der Waals surface area contributed by atoms with E-state index in [0.717, 1.165) is 45.7 Å². The van der Waals surface area contributed by atoms with Crippen LogP contribution in [0.2, 0.25) is 0 Å². The van der Waals surface area contributed by atoms with Crippen molar-refractivity contribution in [3.05, 3.63) is 29.8 Å². The lowest BCUT2D eigenvalue weighted by Gasteiger charge is -2.35. The molecule has 5 heteroatoms. The molecule has 1 aliphatic rings. The number of carbonyl (C=O) groups excluding carboxylic acids is 1. The Morgan fingerprint density at radius 3 is 2.61 bits per heavy atom. The van der Waals surface area contributed by atoms with E-state index in [1.807, 2.05) is 0 Å². The van der Waals surface area contributed by atoms with E-state index in [1.165, 1.54) is 11.3 Å². The summed E-state index contributed by atoms with van der Waals surface area (Å²) in [5.41, 5.74) is 2.58. The standard InChI is InChI=1S/C18H30N4O/c1-16-6-4-7-17(14-16)22-12-10-21(11-13-22)15-18(23)19-8-5-9-20(2)3/h4,6-7,14H,5,8-13,15H2,1-3H3,(H,19,23). The summed E-state index contributed by atoms with van der Waals surface area (Å²) in [5, 5.41) is 3.01. The normalized spacial score (nSPS) is 15.9. The second-order valence-corrected chi connectivity index (χ2v) is 6.61. The number of rotatable bonds is 7. The van der Waals surface area contributed by atoms with Gasteiger partial charge in [-0.3, -0.25) is 9.69 Å². The van der Waals surface area contributed by atoms with E-state index in [9.17, 15) is 4.79 Å². The van der Waals surface area contributed by atoms with Gasteiger partial charge in [0.15, 0.2) is 0 Å². The summed E-state index contributed by atoms with van der Waals surface area (Å²) in [6.07, 6.45) is 1.000. The summed E-state index contributed by atoms with van der Waals surface area (Å²) in [6, 6.07) is 8.63. The first-order valence-electron chi connectivity index (χ1n) is 8.50. The molecule has 5 nitrogen and oxygen atoms in total. The Balaban J connectivity index is 1.67. The van der Waals surface area contributed by atoms with E-state index in [4.69, 9.17) is 0 Å². The Bertz CT molecular complexity index is 496. The van der Waals surface area contributed by atoms with E-state index < -0.39 is 0 Å². The van der Waals surface area contributed by atoms with E-state index >= 15 is 0 Å². The molecule has 23 heavy (non-hydrogen) atoms. The van der Waals surface area contributed by atoms with Crippen molar-refractivity contribution >= 4 is 11.6 Å². The van der Waals surface area contributed by atoms with Crippen LogP contribution in [0.4, 0.5) is 5.69 Å². The van der Waals surface area contributed by atoms with Gasteiger partial charge in [0.1, 0.15) is 0 Å². The molecule has 0 saturated carbocycles. The lowest BCUT2D eigenvalue weighted by molar-refractivity contribution is -0.122. The molecule has 1 aromatic rings. The van der Waals surface area contributed by atoms with Crippen LogP contribution in [-0.2, 0) is 4.79 Å². The number of hydrogen-bond acceptors (Lipinski definition) is 4. The lowest BCUT2D eigenvalue weighted by atomic mass is 10.2. The number of piperazine rings is 1. The molecule has 0 aromatic heterocycles. The molecule has 1 aliphatic heterocycles.